The molecule has 0 bridgehead atoms. The number of ether oxygens (including phenoxy) is 2. The van der Waals surface area contributed by atoms with Crippen LogP contribution in [0.1, 0.15) is 26.3 Å². The van der Waals surface area contributed by atoms with Crippen molar-refractivity contribution in [2.45, 2.75) is 6.18 Å². The van der Waals surface area contributed by atoms with Gasteiger partial charge in [-0.25, -0.2) is 0 Å². The minimum atomic E-state index is -4.58. The van der Waals surface area contributed by atoms with Crippen LogP contribution in [0.3, 0.4) is 0 Å². The molecule has 2 aliphatic heterocycles. The highest BCUT2D eigenvalue weighted by Gasteiger charge is 2.36. The first kappa shape index (κ1) is 21.9. The van der Waals surface area contributed by atoms with Crippen molar-refractivity contribution < 1.29 is 32.2 Å². The van der Waals surface area contributed by atoms with Gasteiger partial charge in [0.25, 0.3) is 11.8 Å². The molecule has 2 aromatic carbocycles. The molecule has 10 heteroatoms. The van der Waals surface area contributed by atoms with Crippen LogP contribution in [0, 0.1) is 0 Å². The molecule has 1 fully saturated rings. The van der Waals surface area contributed by atoms with Crippen molar-refractivity contribution in [2.24, 2.45) is 0 Å². The normalized spacial score (nSPS) is 16.2. The molecule has 170 valence electrons. The van der Waals surface area contributed by atoms with Gasteiger partial charge in [-0.2, -0.15) is 13.2 Å². The second-order valence-corrected chi connectivity index (χ2v) is 7.50. The lowest BCUT2D eigenvalue weighted by Crippen LogP contribution is -2.50. The van der Waals surface area contributed by atoms with Gasteiger partial charge in [-0.05, 0) is 30.3 Å². The predicted octanol–water partition coefficient (Wildman–Crippen LogP) is 2.62. The van der Waals surface area contributed by atoms with Crippen molar-refractivity contribution in [1.82, 2.24) is 15.1 Å². The molecule has 2 aromatic rings. The van der Waals surface area contributed by atoms with E-state index in [1.165, 1.54) is 23.1 Å². The third-order valence-corrected chi connectivity index (χ3v) is 5.47. The number of hydrogen-bond donors (Lipinski definition) is 1. The van der Waals surface area contributed by atoms with Crippen molar-refractivity contribution in [1.29, 1.82) is 0 Å². The Morgan fingerprint density at radius 1 is 0.969 bits per heavy atom. The third kappa shape index (κ3) is 4.80. The summed E-state index contributed by atoms with van der Waals surface area (Å²) in [6.45, 7) is 2.77. The van der Waals surface area contributed by atoms with Crippen LogP contribution < -0.4 is 14.8 Å². The second-order valence-electron chi connectivity index (χ2n) is 7.50. The number of carbonyl (C=O) groups excluding carboxylic acids is 2. The van der Waals surface area contributed by atoms with Gasteiger partial charge in [0.2, 0.25) is 6.79 Å². The molecule has 0 aromatic heterocycles. The van der Waals surface area contributed by atoms with Gasteiger partial charge >= 0.3 is 6.18 Å². The SMILES string of the molecule is O=C(NCCN1CCN(C(=O)c2ccccc2C(F)(F)F)CC1)c1ccc2c(c1)OCO2. The zero-order valence-electron chi connectivity index (χ0n) is 17.2. The quantitative estimate of drug-likeness (QED) is 0.760. The zero-order valence-corrected chi connectivity index (χ0v) is 17.2. The number of rotatable bonds is 5. The molecular weight excluding hydrogens is 427 g/mol. The fraction of sp³-hybridized carbons (Fsp3) is 0.364. The number of carbonyl (C=O) groups is 2. The Balaban J connectivity index is 1.25. The van der Waals surface area contributed by atoms with Gasteiger partial charge in [0.05, 0.1) is 11.1 Å². The highest BCUT2D eigenvalue weighted by atomic mass is 19.4. The molecule has 7 nitrogen and oxygen atoms in total. The topological polar surface area (TPSA) is 71.1 Å². The molecule has 2 heterocycles. The van der Waals surface area contributed by atoms with Crippen molar-refractivity contribution in [3.63, 3.8) is 0 Å². The lowest BCUT2D eigenvalue weighted by molar-refractivity contribution is -0.138. The molecule has 2 aliphatic rings. The van der Waals surface area contributed by atoms with Crippen LogP contribution in [-0.2, 0) is 6.18 Å². The molecular formula is C22H22F3N3O4. The molecule has 0 unspecified atom stereocenters. The highest BCUT2D eigenvalue weighted by Crippen LogP contribution is 2.33. The number of piperazine rings is 1. The molecule has 0 spiro atoms. The maximum absolute atomic E-state index is 13.2. The van der Waals surface area contributed by atoms with E-state index in [-0.39, 0.29) is 18.3 Å². The summed E-state index contributed by atoms with van der Waals surface area (Å²) < 4.78 is 50.1. The van der Waals surface area contributed by atoms with Gasteiger partial charge < -0.3 is 19.7 Å². The number of amides is 2. The molecule has 4 rings (SSSR count). The summed E-state index contributed by atoms with van der Waals surface area (Å²) in [6.07, 6.45) is -4.58. The van der Waals surface area contributed by atoms with E-state index in [0.717, 1.165) is 6.07 Å². The fourth-order valence-electron chi connectivity index (χ4n) is 3.73. The minimum absolute atomic E-state index is 0.136. The first-order valence-electron chi connectivity index (χ1n) is 10.2. The van der Waals surface area contributed by atoms with Crippen molar-refractivity contribution in [3.05, 3.63) is 59.2 Å². The van der Waals surface area contributed by atoms with Crippen LogP contribution >= 0.6 is 0 Å². The first-order valence-corrected chi connectivity index (χ1v) is 10.2. The Labute approximate surface area is 182 Å². The fourth-order valence-corrected chi connectivity index (χ4v) is 3.73. The summed E-state index contributed by atoms with van der Waals surface area (Å²) in [5.74, 6) is 0.284. The highest BCUT2D eigenvalue weighted by molar-refractivity contribution is 5.96. The van der Waals surface area contributed by atoms with Crippen molar-refractivity contribution in [2.75, 3.05) is 46.1 Å². The Morgan fingerprint density at radius 3 is 2.44 bits per heavy atom. The average Bonchev–Trinajstić information content (AvgIpc) is 3.26. The smallest absolute Gasteiger partial charge is 0.417 e. The number of alkyl halides is 3. The van der Waals surface area contributed by atoms with E-state index in [1.54, 1.807) is 18.2 Å². The van der Waals surface area contributed by atoms with Crippen LogP contribution in [0.2, 0.25) is 0 Å². The van der Waals surface area contributed by atoms with Crippen molar-refractivity contribution in [3.8, 4) is 11.5 Å². The number of benzene rings is 2. The van der Waals surface area contributed by atoms with E-state index in [2.05, 4.69) is 10.2 Å². The molecule has 0 radical (unpaired) electrons. The Bertz CT molecular complexity index is 1000. The molecule has 0 atom stereocenters. The number of nitrogens with zero attached hydrogens (tertiary/aromatic N) is 2. The van der Waals surface area contributed by atoms with Gasteiger partial charge in [-0.1, -0.05) is 12.1 Å². The molecule has 0 aliphatic carbocycles. The van der Waals surface area contributed by atoms with E-state index in [0.29, 0.717) is 56.3 Å². The van der Waals surface area contributed by atoms with E-state index in [1.807, 2.05) is 0 Å². The van der Waals surface area contributed by atoms with Gasteiger partial charge in [0.1, 0.15) is 0 Å². The zero-order chi connectivity index (χ0) is 22.7. The maximum atomic E-state index is 13.2. The van der Waals surface area contributed by atoms with E-state index >= 15 is 0 Å². The Morgan fingerprint density at radius 2 is 1.69 bits per heavy atom. The predicted molar refractivity (Wildman–Crippen MR) is 109 cm³/mol. The monoisotopic (exact) mass is 449 g/mol. The van der Waals surface area contributed by atoms with Crippen molar-refractivity contribution >= 4 is 11.8 Å². The second kappa shape index (κ2) is 9.07. The molecule has 1 saturated heterocycles. The molecule has 32 heavy (non-hydrogen) atoms. The largest absolute Gasteiger partial charge is 0.454 e. The van der Waals surface area contributed by atoms with E-state index < -0.39 is 17.6 Å². The number of fused-ring (bicyclic) bond motifs is 1. The summed E-state index contributed by atoms with van der Waals surface area (Å²) in [5.41, 5.74) is -0.781. The molecule has 1 N–H and O–H groups in total. The van der Waals surface area contributed by atoms with E-state index in [4.69, 9.17) is 9.47 Å². The van der Waals surface area contributed by atoms with Crippen LogP contribution in [0.4, 0.5) is 13.2 Å². The number of nitrogens with one attached hydrogen (secondary N) is 1. The van der Waals surface area contributed by atoms with Gasteiger partial charge in [0, 0.05) is 44.8 Å². The van der Waals surface area contributed by atoms with Crippen LogP contribution in [-0.4, -0.2) is 67.7 Å². The van der Waals surface area contributed by atoms with Gasteiger partial charge in [-0.3, -0.25) is 14.5 Å². The van der Waals surface area contributed by atoms with Gasteiger partial charge in [0.15, 0.2) is 11.5 Å². The summed E-state index contributed by atoms with van der Waals surface area (Å²) >= 11 is 0. The molecule has 2 amide bonds. The van der Waals surface area contributed by atoms with Gasteiger partial charge in [-0.15, -0.1) is 0 Å². The first-order chi connectivity index (χ1) is 15.3. The number of halogens is 3. The lowest BCUT2D eigenvalue weighted by atomic mass is 10.1. The summed E-state index contributed by atoms with van der Waals surface area (Å²) in [7, 11) is 0. The Hall–Kier alpha value is -3.27. The lowest BCUT2D eigenvalue weighted by Gasteiger charge is -2.35. The molecule has 0 saturated carbocycles. The maximum Gasteiger partial charge on any atom is 0.417 e. The van der Waals surface area contributed by atoms with E-state index in [9.17, 15) is 22.8 Å². The number of hydrogen-bond acceptors (Lipinski definition) is 5. The van der Waals surface area contributed by atoms with Crippen LogP contribution in [0.25, 0.3) is 0 Å². The summed E-state index contributed by atoms with van der Waals surface area (Å²) in [4.78, 5) is 28.5. The third-order valence-electron chi connectivity index (χ3n) is 5.47. The Kier molecular flexibility index (Phi) is 6.22. The summed E-state index contributed by atoms with van der Waals surface area (Å²) in [5, 5.41) is 2.84. The summed E-state index contributed by atoms with van der Waals surface area (Å²) in [6, 6.07) is 9.81. The standard InChI is InChI=1S/C22H22F3N3O4/c23-22(24,25)17-4-2-1-3-16(17)21(30)28-11-9-27(10-12-28)8-7-26-20(29)15-5-6-18-19(13-15)32-14-31-18/h1-6,13H,7-12,14H2,(H,26,29). The average molecular weight is 449 g/mol. The van der Waals surface area contributed by atoms with Crippen LogP contribution in [0.5, 0.6) is 11.5 Å². The minimum Gasteiger partial charge on any atom is -0.454 e. The van der Waals surface area contributed by atoms with Crippen LogP contribution in [0.15, 0.2) is 42.5 Å².